The van der Waals surface area contributed by atoms with Gasteiger partial charge in [-0.25, -0.2) is 4.98 Å². The molecular formula is C12H10Cl2N2S. The number of rotatable bonds is 2. The minimum Gasteiger partial charge on any atom is -0.378 e. The number of pyridine rings is 1. The van der Waals surface area contributed by atoms with Crippen LogP contribution >= 0.6 is 34.5 Å². The van der Waals surface area contributed by atoms with Crippen molar-refractivity contribution in [1.29, 1.82) is 0 Å². The molecule has 5 heteroatoms. The number of fused-ring (bicyclic) bond motifs is 1. The Kier molecular flexibility index (Phi) is 2.99. The van der Waals surface area contributed by atoms with Crippen LogP contribution in [0.3, 0.4) is 0 Å². The van der Waals surface area contributed by atoms with Crippen molar-refractivity contribution < 1.29 is 0 Å². The summed E-state index contributed by atoms with van der Waals surface area (Å²) >= 11 is 13.6. The van der Waals surface area contributed by atoms with E-state index in [1.807, 2.05) is 12.1 Å². The van der Waals surface area contributed by atoms with Crippen LogP contribution in [0.4, 0.5) is 5.69 Å². The van der Waals surface area contributed by atoms with Gasteiger partial charge in [-0.1, -0.05) is 23.2 Å². The van der Waals surface area contributed by atoms with E-state index in [1.54, 1.807) is 17.5 Å². The number of aryl methyl sites for hydroxylation is 1. The third-order valence-corrected chi connectivity index (χ3v) is 4.46. The zero-order valence-corrected chi connectivity index (χ0v) is 11.2. The SMILES string of the molecule is Clc1cc(NC2CCc3sc(Cl)cc32)ccn1. The van der Waals surface area contributed by atoms with Crippen LogP contribution in [-0.2, 0) is 6.42 Å². The van der Waals surface area contributed by atoms with E-state index in [2.05, 4.69) is 16.4 Å². The highest BCUT2D eigenvalue weighted by Gasteiger charge is 2.24. The Morgan fingerprint density at radius 3 is 3.06 bits per heavy atom. The van der Waals surface area contributed by atoms with E-state index < -0.39 is 0 Å². The quantitative estimate of drug-likeness (QED) is 0.819. The molecule has 1 aliphatic carbocycles. The minimum atomic E-state index is 0.340. The Bertz CT molecular complexity index is 553. The van der Waals surface area contributed by atoms with E-state index in [9.17, 15) is 0 Å². The maximum absolute atomic E-state index is 6.03. The summed E-state index contributed by atoms with van der Waals surface area (Å²) in [5, 5.41) is 3.99. The maximum atomic E-state index is 6.03. The molecule has 17 heavy (non-hydrogen) atoms. The number of aromatic nitrogens is 1. The number of halogens is 2. The van der Waals surface area contributed by atoms with Gasteiger partial charge in [0.1, 0.15) is 5.15 Å². The molecule has 2 heterocycles. The Morgan fingerprint density at radius 2 is 2.24 bits per heavy atom. The van der Waals surface area contributed by atoms with Gasteiger partial charge < -0.3 is 5.32 Å². The number of nitrogens with one attached hydrogen (secondary N) is 1. The summed E-state index contributed by atoms with van der Waals surface area (Å²) in [5.74, 6) is 0. The molecule has 0 saturated heterocycles. The summed E-state index contributed by atoms with van der Waals surface area (Å²) in [5.41, 5.74) is 2.33. The highest BCUT2D eigenvalue weighted by molar-refractivity contribution is 7.16. The molecule has 0 aliphatic heterocycles. The van der Waals surface area contributed by atoms with Crippen molar-refractivity contribution in [3.8, 4) is 0 Å². The Hall–Kier alpha value is -0.770. The van der Waals surface area contributed by atoms with Gasteiger partial charge in [0.15, 0.2) is 0 Å². The molecule has 1 atom stereocenters. The molecule has 1 unspecified atom stereocenters. The van der Waals surface area contributed by atoms with Crippen molar-refractivity contribution in [2.24, 2.45) is 0 Å². The van der Waals surface area contributed by atoms with Gasteiger partial charge in [0.25, 0.3) is 0 Å². The number of anilines is 1. The summed E-state index contributed by atoms with van der Waals surface area (Å²) in [6.07, 6.45) is 3.92. The van der Waals surface area contributed by atoms with Crippen molar-refractivity contribution in [3.05, 3.63) is 44.3 Å². The van der Waals surface area contributed by atoms with Gasteiger partial charge in [-0.2, -0.15) is 0 Å². The van der Waals surface area contributed by atoms with E-state index in [-0.39, 0.29) is 0 Å². The molecule has 3 rings (SSSR count). The molecule has 2 aromatic rings. The van der Waals surface area contributed by atoms with Crippen LogP contribution in [0.25, 0.3) is 0 Å². The van der Waals surface area contributed by atoms with Crippen molar-refractivity contribution in [1.82, 2.24) is 4.98 Å². The molecular weight excluding hydrogens is 275 g/mol. The first-order valence-electron chi connectivity index (χ1n) is 5.38. The smallest absolute Gasteiger partial charge is 0.131 e. The lowest BCUT2D eigenvalue weighted by Crippen LogP contribution is -2.06. The largest absolute Gasteiger partial charge is 0.378 e. The maximum Gasteiger partial charge on any atom is 0.131 e. The predicted molar refractivity (Wildman–Crippen MR) is 73.3 cm³/mol. The lowest BCUT2D eigenvalue weighted by atomic mass is 10.1. The zero-order chi connectivity index (χ0) is 11.8. The van der Waals surface area contributed by atoms with Crippen LogP contribution in [0, 0.1) is 0 Å². The second kappa shape index (κ2) is 4.48. The number of nitrogens with zero attached hydrogens (tertiary/aromatic N) is 1. The Morgan fingerprint density at radius 1 is 1.35 bits per heavy atom. The Labute approximate surface area is 114 Å². The molecule has 1 aliphatic rings. The average Bonchev–Trinajstić information content (AvgIpc) is 2.80. The van der Waals surface area contributed by atoms with Crippen LogP contribution in [-0.4, -0.2) is 4.98 Å². The van der Waals surface area contributed by atoms with Gasteiger partial charge in [0.2, 0.25) is 0 Å². The average molecular weight is 285 g/mol. The molecule has 0 saturated carbocycles. The summed E-state index contributed by atoms with van der Waals surface area (Å²) in [6, 6.07) is 6.17. The standard InChI is InChI=1S/C12H10Cl2N2S/c13-11-5-7(3-4-15-11)16-9-1-2-10-8(9)6-12(14)17-10/h3-6,9H,1-2H2,(H,15,16). The second-order valence-corrected chi connectivity index (χ2v) is 6.19. The van der Waals surface area contributed by atoms with Crippen molar-refractivity contribution in [3.63, 3.8) is 0 Å². The molecule has 2 nitrogen and oxygen atoms in total. The van der Waals surface area contributed by atoms with E-state index in [1.165, 1.54) is 10.4 Å². The van der Waals surface area contributed by atoms with Gasteiger partial charge in [-0.15, -0.1) is 11.3 Å². The zero-order valence-electron chi connectivity index (χ0n) is 8.91. The fourth-order valence-corrected chi connectivity index (χ4v) is 3.70. The highest BCUT2D eigenvalue weighted by atomic mass is 35.5. The summed E-state index contributed by atoms with van der Waals surface area (Å²) < 4.78 is 0.870. The summed E-state index contributed by atoms with van der Waals surface area (Å²) in [4.78, 5) is 5.37. The first-order chi connectivity index (χ1) is 8.22. The molecule has 0 amide bonds. The van der Waals surface area contributed by atoms with Gasteiger partial charge in [0, 0.05) is 16.8 Å². The first kappa shape index (κ1) is 11.3. The highest BCUT2D eigenvalue weighted by Crippen LogP contribution is 2.40. The van der Waals surface area contributed by atoms with E-state index in [4.69, 9.17) is 23.2 Å². The molecule has 2 aromatic heterocycles. The summed E-state index contributed by atoms with van der Waals surface area (Å²) in [6.45, 7) is 0. The minimum absolute atomic E-state index is 0.340. The fourth-order valence-electron chi connectivity index (χ4n) is 2.17. The van der Waals surface area contributed by atoms with Crippen LogP contribution in [0.2, 0.25) is 9.49 Å². The van der Waals surface area contributed by atoms with Gasteiger partial charge in [-0.3, -0.25) is 0 Å². The van der Waals surface area contributed by atoms with Crippen molar-refractivity contribution >= 4 is 40.2 Å². The normalized spacial score (nSPS) is 18.1. The van der Waals surface area contributed by atoms with Crippen molar-refractivity contribution in [2.45, 2.75) is 18.9 Å². The topological polar surface area (TPSA) is 24.9 Å². The number of hydrogen-bond donors (Lipinski definition) is 1. The molecule has 1 N–H and O–H groups in total. The molecule has 88 valence electrons. The predicted octanol–water partition coefficient (Wildman–Crippen LogP) is 4.55. The van der Waals surface area contributed by atoms with Crippen LogP contribution in [0.5, 0.6) is 0 Å². The Balaban J connectivity index is 1.83. The molecule has 0 aromatic carbocycles. The molecule has 0 radical (unpaired) electrons. The van der Waals surface area contributed by atoms with Crippen LogP contribution in [0.1, 0.15) is 22.9 Å². The van der Waals surface area contributed by atoms with Crippen molar-refractivity contribution in [2.75, 3.05) is 5.32 Å². The lowest BCUT2D eigenvalue weighted by molar-refractivity contribution is 0.762. The van der Waals surface area contributed by atoms with Gasteiger partial charge >= 0.3 is 0 Å². The van der Waals surface area contributed by atoms with Crippen LogP contribution in [0.15, 0.2) is 24.4 Å². The van der Waals surface area contributed by atoms with Gasteiger partial charge in [0.05, 0.1) is 10.4 Å². The van der Waals surface area contributed by atoms with Crippen LogP contribution < -0.4 is 5.32 Å². The first-order valence-corrected chi connectivity index (χ1v) is 6.96. The number of hydrogen-bond acceptors (Lipinski definition) is 3. The third kappa shape index (κ3) is 2.28. The summed E-state index contributed by atoms with van der Waals surface area (Å²) in [7, 11) is 0. The monoisotopic (exact) mass is 284 g/mol. The molecule has 0 bridgehead atoms. The number of thiophene rings is 1. The molecule has 0 fully saturated rings. The lowest BCUT2D eigenvalue weighted by Gasteiger charge is -2.14. The van der Waals surface area contributed by atoms with E-state index >= 15 is 0 Å². The van der Waals surface area contributed by atoms with E-state index in [0.717, 1.165) is 22.9 Å². The molecule has 0 spiro atoms. The van der Waals surface area contributed by atoms with Gasteiger partial charge in [-0.05, 0) is 36.6 Å². The van der Waals surface area contributed by atoms with E-state index in [0.29, 0.717) is 11.2 Å². The third-order valence-electron chi connectivity index (χ3n) is 2.91. The fraction of sp³-hybridized carbons (Fsp3) is 0.250. The second-order valence-electron chi connectivity index (χ2n) is 4.03.